The van der Waals surface area contributed by atoms with Crippen LogP contribution < -0.4 is 11.1 Å². The monoisotopic (exact) mass is 236 g/mol. The van der Waals surface area contributed by atoms with Gasteiger partial charge in [-0.25, -0.2) is 4.98 Å². The molecule has 1 aliphatic rings. The molecule has 0 radical (unpaired) electrons. The molecule has 1 heterocycles. The Morgan fingerprint density at radius 3 is 2.94 bits per heavy atom. The van der Waals surface area contributed by atoms with Gasteiger partial charge in [0.2, 0.25) is 5.82 Å². The van der Waals surface area contributed by atoms with Crippen LogP contribution in [0.5, 0.6) is 0 Å². The van der Waals surface area contributed by atoms with Crippen LogP contribution >= 0.6 is 0 Å². The average Bonchev–Trinajstić information content (AvgIpc) is 2.32. The normalized spacial score (nSPS) is 24.3. The number of aromatic nitrogens is 1. The summed E-state index contributed by atoms with van der Waals surface area (Å²) < 4.78 is 0. The van der Waals surface area contributed by atoms with Gasteiger partial charge in [-0.1, -0.05) is 12.8 Å². The maximum atomic E-state index is 10.8. The van der Waals surface area contributed by atoms with Crippen molar-refractivity contribution in [1.29, 1.82) is 0 Å². The zero-order valence-electron chi connectivity index (χ0n) is 9.50. The highest BCUT2D eigenvalue weighted by Crippen LogP contribution is 2.25. The smallest absolute Gasteiger partial charge is 0.311 e. The molecule has 92 valence electrons. The van der Waals surface area contributed by atoms with Crippen molar-refractivity contribution in [3.05, 3.63) is 28.4 Å². The first-order valence-corrected chi connectivity index (χ1v) is 5.80. The van der Waals surface area contributed by atoms with E-state index in [1.54, 1.807) is 12.3 Å². The van der Waals surface area contributed by atoms with Crippen molar-refractivity contribution in [1.82, 2.24) is 4.98 Å². The molecule has 3 N–H and O–H groups in total. The minimum Gasteiger partial charge on any atom is -0.360 e. The fourth-order valence-electron chi connectivity index (χ4n) is 2.17. The number of rotatable bonds is 3. The molecule has 0 bridgehead atoms. The molecule has 17 heavy (non-hydrogen) atoms. The van der Waals surface area contributed by atoms with E-state index in [2.05, 4.69) is 10.3 Å². The lowest BCUT2D eigenvalue weighted by molar-refractivity contribution is -0.384. The summed E-state index contributed by atoms with van der Waals surface area (Å²) in [6.07, 6.45) is 5.67. The lowest BCUT2D eigenvalue weighted by atomic mass is 9.91. The summed E-state index contributed by atoms with van der Waals surface area (Å²) >= 11 is 0. The maximum Gasteiger partial charge on any atom is 0.311 e. The van der Waals surface area contributed by atoms with Gasteiger partial charge in [-0.05, 0) is 18.9 Å². The first kappa shape index (κ1) is 11.8. The first-order valence-electron chi connectivity index (χ1n) is 5.80. The van der Waals surface area contributed by atoms with Gasteiger partial charge in [0.05, 0.1) is 4.92 Å². The molecule has 2 rings (SSSR count). The summed E-state index contributed by atoms with van der Waals surface area (Å²) in [6.45, 7) is 0. The van der Waals surface area contributed by atoms with E-state index in [1.807, 2.05) is 0 Å². The topological polar surface area (TPSA) is 94.1 Å². The lowest BCUT2D eigenvalue weighted by Crippen LogP contribution is -2.42. The molecule has 0 saturated heterocycles. The number of anilines is 1. The number of hydrogen-bond donors (Lipinski definition) is 2. The van der Waals surface area contributed by atoms with E-state index < -0.39 is 4.92 Å². The van der Waals surface area contributed by atoms with E-state index in [-0.39, 0.29) is 17.8 Å². The molecule has 2 atom stereocenters. The molecule has 6 heteroatoms. The van der Waals surface area contributed by atoms with Gasteiger partial charge in [0.1, 0.15) is 0 Å². The van der Waals surface area contributed by atoms with E-state index in [0.29, 0.717) is 5.82 Å². The molecule has 1 fully saturated rings. The van der Waals surface area contributed by atoms with Crippen LogP contribution in [-0.2, 0) is 0 Å². The molecule has 0 spiro atoms. The second kappa shape index (κ2) is 5.09. The van der Waals surface area contributed by atoms with Crippen molar-refractivity contribution < 1.29 is 4.92 Å². The number of pyridine rings is 1. The number of nitro groups is 1. The van der Waals surface area contributed by atoms with Gasteiger partial charge in [0.15, 0.2) is 0 Å². The van der Waals surface area contributed by atoms with Crippen LogP contribution in [0.1, 0.15) is 25.7 Å². The molecule has 2 unspecified atom stereocenters. The second-order valence-corrected chi connectivity index (χ2v) is 4.33. The molecular formula is C11H16N4O2. The van der Waals surface area contributed by atoms with Crippen molar-refractivity contribution in [2.45, 2.75) is 37.8 Å². The number of nitrogens with two attached hydrogens (primary N) is 1. The Labute approximate surface area is 99.4 Å². The van der Waals surface area contributed by atoms with Gasteiger partial charge in [0, 0.05) is 24.3 Å². The Morgan fingerprint density at radius 1 is 1.47 bits per heavy atom. The summed E-state index contributed by atoms with van der Waals surface area (Å²) in [7, 11) is 0. The minimum atomic E-state index is -0.427. The quantitative estimate of drug-likeness (QED) is 0.615. The van der Waals surface area contributed by atoms with Crippen LogP contribution in [0.15, 0.2) is 18.3 Å². The van der Waals surface area contributed by atoms with Gasteiger partial charge >= 0.3 is 5.69 Å². The Morgan fingerprint density at radius 2 is 2.24 bits per heavy atom. The largest absolute Gasteiger partial charge is 0.360 e. The SMILES string of the molecule is NC1CCCCC1Nc1ncccc1[N+](=O)[O-]. The summed E-state index contributed by atoms with van der Waals surface area (Å²) in [5.74, 6) is 0.319. The number of nitrogens with one attached hydrogen (secondary N) is 1. The van der Waals surface area contributed by atoms with Gasteiger partial charge in [-0.2, -0.15) is 0 Å². The zero-order valence-corrected chi connectivity index (χ0v) is 9.50. The maximum absolute atomic E-state index is 10.8. The second-order valence-electron chi connectivity index (χ2n) is 4.33. The lowest BCUT2D eigenvalue weighted by Gasteiger charge is -2.29. The van der Waals surface area contributed by atoms with Crippen molar-refractivity contribution in [2.75, 3.05) is 5.32 Å². The van der Waals surface area contributed by atoms with Crippen molar-refractivity contribution in [3.8, 4) is 0 Å². The Hall–Kier alpha value is -1.69. The van der Waals surface area contributed by atoms with E-state index in [9.17, 15) is 10.1 Å². The van der Waals surface area contributed by atoms with Crippen LogP contribution in [0.25, 0.3) is 0 Å². The van der Waals surface area contributed by atoms with E-state index in [1.165, 1.54) is 6.07 Å². The standard InChI is InChI=1S/C11H16N4O2/c12-8-4-1-2-5-9(8)14-11-10(15(16)17)6-3-7-13-11/h3,6-9H,1-2,4-5,12H2,(H,13,14). The van der Waals surface area contributed by atoms with E-state index in [0.717, 1.165) is 25.7 Å². The number of nitrogens with zero attached hydrogens (tertiary/aromatic N) is 2. The van der Waals surface area contributed by atoms with Crippen LogP contribution in [0.2, 0.25) is 0 Å². The van der Waals surface area contributed by atoms with Crippen molar-refractivity contribution in [3.63, 3.8) is 0 Å². The molecule has 1 aromatic rings. The summed E-state index contributed by atoms with van der Waals surface area (Å²) in [5, 5.41) is 13.9. The summed E-state index contributed by atoms with van der Waals surface area (Å²) in [4.78, 5) is 14.4. The fraction of sp³-hybridized carbons (Fsp3) is 0.545. The Bertz CT molecular complexity index is 410. The first-order chi connectivity index (χ1) is 8.18. The molecule has 1 saturated carbocycles. The predicted molar refractivity (Wildman–Crippen MR) is 64.7 cm³/mol. The van der Waals surface area contributed by atoms with Crippen LogP contribution in [-0.4, -0.2) is 22.0 Å². The number of hydrogen-bond acceptors (Lipinski definition) is 5. The fourth-order valence-corrected chi connectivity index (χ4v) is 2.17. The molecule has 1 aliphatic carbocycles. The van der Waals surface area contributed by atoms with Gasteiger partial charge in [0.25, 0.3) is 0 Å². The summed E-state index contributed by atoms with van der Waals surface area (Å²) in [6, 6.07) is 3.14. The van der Waals surface area contributed by atoms with Gasteiger partial charge in [-0.15, -0.1) is 0 Å². The van der Waals surface area contributed by atoms with Crippen molar-refractivity contribution >= 4 is 11.5 Å². The van der Waals surface area contributed by atoms with E-state index in [4.69, 9.17) is 5.73 Å². The van der Waals surface area contributed by atoms with Crippen LogP contribution in [0, 0.1) is 10.1 Å². The highest BCUT2D eigenvalue weighted by Gasteiger charge is 2.24. The predicted octanol–water partition coefficient (Wildman–Crippen LogP) is 1.67. The highest BCUT2D eigenvalue weighted by atomic mass is 16.6. The van der Waals surface area contributed by atoms with Crippen molar-refractivity contribution in [2.24, 2.45) is 5.73 Å². The summed E-state index contributed by atoms with van der Waals surface area (Å²) in [5.41, 5.74) is 6.00. The molecule has 0 aliphatic heterocycles. The zero-order chi connectivity index (χ0) is 12.3. The Balaban J connectivity index is 2.14. The molecule has 0 aromatic carbocycles. The minimum absolute atomic E-state index is 0.00488. The molecule has 0 amide bonds. The third kappa shape index (κ3) is 2.71. The average molecular weight is 236 g/mol. The van der Waals surface area contributed by atoms with Crippen LogP contribution in [0.3, 0.4) is 0 Å². The third-order valence-corrected chi connectivity index (χ3v) is 3.12. The molecular weight excluding hydrogens is 220 g/mol. The molecule has 6 nitrogen and oxygen atoms in total. The Kier molecular flexibility index (Phi) is 3.53. The van der Waals surface area contributed by atoms with Gasteiger partial charge in [-0.3, -0.25) is 10.1 Å². The van der Waals surface area contributed by atoms with E-state index >= 15 is 0 Å². The molecule has 1 aromatic heterocycles. The van der Waals surface area contributed by atoms with Crippen LogP contribution in [0.4, 0.5) is 11.5 Å². The third-order valence-electron chi connectivity index (χ3n) is 3.12. The highest BCUT2D eigenvalue weighted by molar-refractivity contribution is 5.55. The van der Waals surface area contributed by atoms with Gasteiger partial charge < -0.3 is 11.1 Å².